The fourth-order valence-corrected chi connectivity index (χ4v) is 2.65. The lowest BCUT2D eigenvalue weighted by Crippen LogP contribution is -2.42. The topological polar surface area (TPSA) is 88.2 Å². The van der Waals surface area contributed by atoms with Crippen LogP contribution >= 0.6 is 0 Å². The second kappa shape index (κ2) is 7.27. The number of aryl methyl sites for hydroxylation is 1. The minimum absolute atomic E-state index is 0.0261. The zero-order valence-electron chi connectivity index (χ0n) is 13.8. The Hall–Kier alpha value is -2.99. The van der Waals surface area contributed by atoms with Crippen LogP contribution in [0.5, 0.6) is 0 Å². The Balaban J connectivity index is 1.80. The lowest BCUT2D eigenvalue weighted by molar-refractivity contribution is 0.0351. The summed E-state index contributed by atoms with van der Waals surface area (Å²) in [6.07, 6.45) is 0.364. The molecule has 25 heavy (non-hydrogen) atoms. The third kappa shape index (κ3) is 4.10. The molecule has 1 heterocycles. The molecule has 3 rings (SSSR count). The summed E-state index contributed by atoms with van der Waals surface area (Å²) in [5, 5.41) is 17.5. The number of nitrogens with zero attached hydrogens (tertiary/aromatic N) is 2. The van der Waals surface area contributed by atoms with Crippen molar-refractivity contribution < 1.29 is 14.4 Å². The van der Waals surface area contributed by atoms with E-state index in [9.17, 15) is 9.90 Å². The molecular weight excluding hydrogens is 318 g/mol. The van der Waals surface area contributed by atoms with Gasteiger partial charge in [-0.2, -0.15) is 4.98 Å². The van der Waals surface area contributed by atoms with Gasteiger partial charge < -0.3 is 14.9 Å². The van der Waals surface area contributed by atoms with Crippen molar-refractivity contribution in [3.63, 3.8) is 0 Å². The summed E-state index contributed by atoms with van der Waals surface area (Å²) in [7, 11) is 0. The highest BCUT2D eigenvalue weighted by molar-refractivity contribution is 5.90. The lowest BCUT2D eigenvalue weighted by atomic mass is 9.87. The first-order valence-electron chi connectivity index (χ1n) is 7.97. The Morgan fingerprint density at radius 2 is 1.76 bits per heavy atom. The molecule has 1 aromatic heterocycles. The van der Waals surface area contributed by atoms with E-state index >= 15 is 0 Å². The molecule has 0 saturated carbocycles. The number of hydrogen-bond acceptors (Lipinski definition) is 5. The maximum atomic E-state index is 12.2. The van der Waals surface area contributed by atoms with Crippen LogP contribution in [0.15, 0.2) is 65.2 Å². The summed E-state index contributed by atoms with van der Waals surface area (Å²) in [4.78, 5) is 16.1. The quantitative estimate of drug-likeness (QED) is 0.720. The fourth-order valence-electron chi connectivity index (χ4n) is 2.65. The second-order valence-corrected chi connectivity index (χ2v) is 5.88. The van der Waals surface area contributed by atoms with Crippen LogP contribution in [-0.2, 0) is 12.0 Å². The molecule has 2 aromatic carbocycles. The van der Waals surface area contributed by atoms with Crippen LogP contribution in [0.3, 0.4) is 0 Å². The normalized spacial score (nSPS) is 13.2. The highest BCUT2D eigenvalue weighted by Gasteiger charge is 2.30. The molecule has 1 atom stereocenters. The number of carbonyl (C=O) groups excluding carboxylic acids is 1. The van der Waals surface area contributed by atoms with E-state index in [2.05, 4.69) is 15.5 Å². The van der Waals surface area contributed by atoms with Crippen molar-refractivity contribution >= 4 is 5.91 Å². The molecule has 0 aliphatic carbocycles. The van der Waals surface area contributed by atoms with E-state index in [4.69, 9.17) is 4.52 Å². The van der Waals surface area contributed by atoms with Gasteiger partial charge in [0.2, 0.25) is 5.89 Å². The Morgan fingerprint density at radius 3 is 2.36 bits per heavy atom. The molecule has 0 fully saturated rings. The van der Waals surface area contributed by atoms with Crippen molar-refractivity contribution in [1.82, 2.24) is 15.5 Å². The molecule has 6 nitrogen and oxygen atoms in total. The molecule has 0 bridgehead atoms. The van der Waals surface area contributed by atoms with Crippen LogP contribution in [0, 0.1) is 6.92 Å². The van der Waals surface area contributed by atoms with Crippen molar-refractivity contribution in [2.75, 3.05) is 6.54 Å². The van der Waals surface area contributed by atoms with Crippen LogP contribution in [0.2, 0.25) is 0 Å². The summed E-state index contributed by atoms with van der Waals surface area (Å²) < 4.78 is 4.81. The van der Waals surface area contributed by atoms with Crippen molar-refractivity contribution in [3.05, 3.63) is 83.5 Å². The predicted molar refractivity (Wildman–Crippen MR) is 91.9 cm³/mol. The van der Waals surface area contributed by atoms with Crippen LogP contribution in [0.25, 0.3) is 0 Å². The van der Waals surface area contributed by atoms with Gasteiger partial charge in [-0.1, -0.05) is 65.8 Å². The van der Waals surface area contributed by atoms with E-state index in [1.165, 1.54) is 0 Å². The molecule has 0 aliphatic rings. The first-order chi connectivity index (χ1) is 12.1. The second-order valence-electron chi connectivity index (χ2n) is 5.88. The van der Waals surface area contributed by atoms with E-state index in [1.807, 2.05) is 60.7 Å². The average molecular weight is 337 g/mol. The number of aliphatic hydroxyl groups is 1. The van der Waals surface area contributed by atoms with Crippen LogP contribution in [0.1, 0.15) is 27.6 Å². The molecule has 1 amide bonds. The van der Waals surface area contributed by atoms with Crippen LogP contribution in [-0.4, -0.2) is 27.7 Å². The highest BCUT2D eigenvalue weighted by atomic mass is 16.5. The Morgan fingerprint density at radius 1 is 1.12 bits per heavy atom. The summed E-state index contributed by atoms with van der Waals surface area (Å²) in [5.41, 5.74) is 0.443. The highest BCUT2D eigenvalue weighted by Crippen LogP contribution is 2.25. The molecule has 3 aromatic rings. The zero-order valence-corrected chi connectivity index (χ0v) is 13.8. The summed E-state index contributed by atoms with van der Waals surface area (Å²) >= 11 is 0. The van der Waals surface area contributed by atoms with Gasteiger partial charge in [0.05, 0.1) is 6.54 Å². The number of aromatic nitrogens is 2. The molecule has 0 aliphatic heterocycles. The first kappa shape index (κ1) is 16.9. The van der Waals surface area contributed by atoms with E-state index < -0.39 is 11.5 Å². The number of amides is 1. The van der Waals surface area contributed by atoms with Crippen molar-refractivity contribution in [3.8, 4) is 0 Å². The monoisotopic (exact) mass is 337 g/mol. The molecule has 0 spiro atoms. The number of carbonyl (C=O) groups is 1. The molecular formula is C19H19N3O3. The van der Waals surface area contributed by atoms with Crippen molar-refractivity contribution in [2.45, 2.75) is 18.9 Å². The summed E-state index contributed by atoms with van der Waals surface area (Å²) in [6, 6.07) is 18.9. The van der Waals surface area contributed by atoms with E-state index in [1.54, 1.807) is 6.92 Å². The Labute approximate surface area is 145 Å². The lowest BCUT2D eigenvalue weighted by Gasteiger charge is -2.29. The van der Waals surface area contributed by atoms with Gasteiger partial charge >= 0.3 is 0 Å². The largest absolute Gasteiger partial charge is 0.383 e. The van der Waals surface area contributed by atoms with E-state index in [0.29, 0.717) is 12.3 Å². The predicted octanol–water partition coefficient (Wildman–Crippen LogP) is 2.24. The van der Waals surface area contributed by atoms with Gasteiger partial charge in [-0.3, -0.25) is 4.79 Å². The summed E-state index contributed by atoms with van der Waals surface area (Å²) in [6.45, 7) is 1.64. The van der Waals surface area contributed by atoms with E-state index in [0.717, 1.165) is 11.1 Å². The van der Waals surface area contributed by atoms with Gasteiger partial charge in [-0.25, -0.2) is 0 Å². The van der Waals surface area contributed by atoms with Crippen molar-refractivity contribution in [2.24, 2.45) is 0 Å². The summed E-state index contributed by atoms with van der Waals surface area (Å²) in [5.74, 6) is -0.223. The first-order valence-corrected chi connectivity index (χ1v) is 7.97. The van der Waals surface area contributed by atoms with Crippen LogP contribution < -0.4 is 5.32 Å². The third-order valence-electron chi connectivity index (χ3n) is 3.92. The smallest absolute Gasteiger partial charge is 0.292 e. The maximum Gasteiger partial charge on any atom is 0.292 e. The van der Waals surface area contributed by atoms with Gasteiger partial charge in [0, 0.05) is 13.3 Å². The minimum Gasteiger partial charge on any atom is -0.383 e. The third-order valence-corrected chi connectivity index (χ3v) is 3.92. The van der Waals surface area contributed by atoms with Gasteiger partial charge in [-0.15, -0.1) is 0 Å². The number of hydrogen-bond donors (Lipinski definition) is 2. The molecule has 0 saturated heterocycles. The minimum atomic E-state index is -1.25. The van der Waals surface area contributed by atoms with E-state index in [-0.39, 0.29) is 12.4 Å². The van der Waals surface area contributed by atoms with Gasteiger partial charge in [0.25, 0.3) is 11.7 Å². The maximum absolute atomic E-state index is 12.2. The molecule has 6 heteroatoms. The molecule has 128 valence electrons. The molecule has 2 N–H and O–H groups in total. The average Bonchev–Trinajstić information content (AvgIpc) is 3.08. The SMILES string of the molecule is Cc1nc(C(=O)NC[C@@](O)(Cc2ccccc2)c2ccccc2)no1. The number of nitrogens with one attached hydrogen (secondary N) is 1. The van der Waals surface area contributed by atoms with Gasteiger partial charge in [0.15, 0.2) is 0 Å². The molecule has 0 radical (unpaired) electrons. The fraction of sp³-hybridized carbons (Fsp3) is 0.211. The van der Waals surface area contributed by atoms with Gasteiger partial charge in [-0.05, 0) is 11.1 Å². The molecule has 0 unspecified atom stereocenters. The zero-order chi connectivity index (χ0) is 17.7. The van der Waals surface area contributed by atoms with Gasteiger partial charge in [0.1, 0.15) is 5.60 Å². The standard InChI is InChI=1S/C19H19N3O3/c1-14-21-17(22-25-14)18(23)20-13-19(24,16-10-6-3-7-11-16)12-15-8-4-2-5-9-15/h2-11,24H,12-13H2,1H3,(H,20,23)/t19-/m0/s1. The Bertz CT molecular complexity index is 833. The number of rotatable bonds is 6. The van der Waals surface area contributed by atoms with Crippen LogP contribution in [0.4, 0.5) is 0 Å². The van der Waals surface area contributed by atoms with Crippen molar-refractivity contribution in [1.29, 1.82) is 0 Å². The number of benzene rings is 2. The Kier molecular flexibility index (Phi) is 4.90.